The standard InChI is InChI=1S/C18H22FN5O/c1-3-9-24-18(25)15(21)16(22-2)13-7-4-6-11(14(13)20)12-8-5-10-23-17(12)19/h4-8,10,22H,3,9,20-21H2,1-2H3,(H,24,25)/b16-15+. The SMILES string of the molecule is CCCNC(=O)/C(N)=C(\NC)c1cccc(-c2cccnc2F)c1N. The minimum absolute atomic E-state index is 0.0199. The van der Waals surface area contributed by atoms with E-state index < -0.39 is 5.95 Å². The van der Waals surface area contributed by atoms with E-state index in [-0.39, 0.29) is 17.2 Å². The van der Waals surface area contributed by atoms with Crippen LogP contribution in [0, 0.1) is 5.95 Å². The normalized spacial score (nSPS) is 11.6. The number of nitrogens with two attached hydrogens (primary N) is 2. The van der Waals surface area contributed by atoms with E-state index in [4.69, 9.17) is 11.5 Å². The fraction of sp³-hybridized carbons (Fsp3) is 0.222. The van der Waals surface area contributed by atoms with Crippen LogP contribution in [0.4, 0.5) is 10.1 Å². The lowest BCUT2D eigenvalue weighted by molar-refractivity contribution is -0.117. The predicted octanol–water partition coefficient (Wildman–Crippen LogP) is 1.84. The number of para-hydroxylation sites is 1. The lowest BCUT2D eigenvalue weighted by atomic mass is 9.98. The highest BCUT2D eigenvalue weighted by Gasteiger charge is 2.18. The highest BCUT2D eigenvalue weighted by molar-refractivity contribution is 6.01. The quantitative estimate of drug-likeness (QED) is 0.364. The van der Waals surface area contributed by atoms with Crippen LogP contribution < -0.4 is 22.1 Å². The zero-order valence-electron chi connectivity index (χ0n) is 14.3. The Kier molecular flexibility index (Phi) is 5.94. The summed E-state index contributed by atoms with van der Waals surface area (Å²) in [4.78, 5) is 15.8. The molecule has 0 aliphatic carbocycles. The van der Waals surface area contributed by atoms with Gasteiger partial charge in [0.05, 0.1) is 5.70 Å². The molecule has 0 saturated carbocycles. The number of hydrogen-bond donors (Lipinski definition) is 4. The molecule has 0 aliphatic rings. The van der Waals surface area contributed by atoms with Gasteiger partial charge in [0.15, 0.2) is 0 Å². The molecule has 0 radical (unpaired) electrons. The van der Waals surface area contributed by atoms with Gasteiger partial charge in [-0.15, -0.1) is 0 Å². The van der Waals surface area contributed by atoms with Crippen molar-refractivity contribution in [3.8, 4) is 11.1 Å². The fourth-order valence-corrected chi connectivity index (χ4v) is 2.47. The number of nitrogens with zero attached hydrogens (tertiary/aromatic N) is 1. The van der Waals surface area contributed by atoms with E-state index in [9.17, 15) is 9.18 Å². The second-order valence-corrected chi connectivity index (χ2v) is 5.40. The average Bonchev–Trinajstić information content (AvgIpc) is 2.62. The van der Waals surface area contributed by atoms with Crippen LogP contribution in [-0.4, -0.2) is 24.5 Å². The highest BCUT2D eigenvalue weighted by Crippen LogP contribution is 2.32. The Morgan fingerprint density at radius 2 is 1.96 bits per heavy atom. The first-order chi connectivity index (χ1) is 12.0. The Balaban J connectivity index is 2.53. The summed E-state index contributed by atoms with van der Waals surface area (Å²) in [5.41, 5.74) is 14.2. The molecule has 0 bridgehead atoms. The molecule has 1 aromatic carbocycles. The molecule has 0 fully saturated rings. The molecule has 132 valence electrons. The van der Waals surface area contributed by atoms with Crippen LogP contribution in [-0.2, 0) is 4.79 Å². The second-order valence-electron chi connectivity index (χ2n) is 5.40. The third-order valence-electron chi connectivity index (χ3n) is 3.72. The van der Waals surface area contributed by atoms with Gasteiger partial charge in [0, 0.05) is 42.2 Å². The third-order valence-corrected chi connectivity index (χ3v) is 3.72. The Bertz CT molecular complexity index is 804. The van der Waals surface area contributed by atoms with Gasteiger partial charge in [-0.2, -0.15) is 4.39 Å². The first-order valence-electron chi connectivity index (χ1n) is 7.96. The summed E-state index contributed by atoms with van der Waals surface area (Å²) in [6.45, 7) is 2.47. The van der Waals surface area contributed by atoms with E-state index in [2.05, 4.69) is 15.6 Å². The molecular weight excluding hydrogens is 321 g/mol. The van der Waals surface area contributed by atoms with E-state index in [0.29, 0.717) is 29.1 Å². The number of anilines is 1. The molecule has 6 N–H and O–H groups in total. The molecule has 0 aliphatic heterocycles. The number of aromatic nitrogens is 1. The van der Waals surface area contributed by atoms with Gasteiger partial charge in [-0.1, -0.05) is 25.1 Å². The van der Waals surface area contributed by atoms with Crippen LogP contribution in [0.5, 0.6) is 0 Å². The van der Waals surface area contributed by atoms with Crippen LogP contribution in [0.2, 0.25) is 0 Å². The van der Waals surface area contributed by atoms with E-state index in [1.807, 2.05) is 6.92 Å². The molecule has 2 aromatic rings. The molecule has 7 heteroatoms. The molecule has 2 rings (SSSR count). The summed E-state index contributed by atoms with van der Waals surface area (Å²) in [6.07, 6.45) is 2.17. The molecule has 0 unspecified atom stereocenters. The zero-order chi connectivity index (χ0) is 18.4. The maximum atomic E-state index is 14.0. The summed E-state index contributed by atoms with van der Waals surface area (Å²) in [7, 11) is 1.64. The van der Waals surface area contributed by atoms with Crippen LogP contribution >= 0.6 is 0 Å². The van der Waals surface area contributed by atoms with Gasteiger partial charge in [-0.3, -0.25) is 4.79 Å². The van der Waals surface area contributed by atoms with Gasteiger partial charge in [0.1, 0.15) is 5.70 Å². The maximum absolute atomic E-state index is 14.0. The van der Waals surface area contributed by atoms with Gasteiger partial charge in [-0.05, 0) is 18.6 Å². The van der Waals surface area contributed by atoms with Crippen molar-refractivity contribution in [2.45, 2.75) is 13.3 Å². The van der Waals surface area contributed by atoms with E-state index in [0.717, 1.165) is 6.42 Å². The van der Waals surface area contributed by atoms with E-state index in [1.54, 1.807) is 37.4 Å². The monoisotopic (exact) mass is 343 g/mol. The van der Waals surface area contributed by atoms with Crippen LogP contribution in [0.1, 0.15) is 18.9 Å². The second kappa shape index (κ2) is 8.14. The summed E-state index contributed by atoms with van der Waals surface area (Å²) >= 11 is 0. The van der Waals surface area contributed by atoms with Crippen molar-refractivity contribution in [1.29, 1.82) is 0 Å². The van der Waals surface area contributed by atoms with Crippen molar-refractivity contribution in [2.24, 2.45) is 5.73 Å². The number of pyridine rings is 1. The molecule has 0 spiro atoms. The molecule has 6 nitrogen and oxygen atoms in total. The van der Waals surface area contributed by atoms with Crippen LogP contribution in [0.15, 0.2) is 42.2 Å². The number of nitrogen functional groups attached to an aromatic ring is 1. The minimum atomic E-state index is -0.616. The van der Waals surface area contributed by atoms with Gasteiger partial charge < -0.3 is 22.1 Å². The Morgan fingerprint density at radius 1 is 1.24 bits per heavy atom. The molecule has 0 saturated heterocycles. The molecule has 1 heterocycles. The molecule has 25 heavy (non-hydrogen) atoms. The zero-order valence-corrected chi connectivity index (χ0v) is 14.3. The summed E-state index contributed by atoms with van der Waals surface area (Å²) < 4.78 is 14.0. The predicted molar refractivity (Wildman–Crippen MR) is 97.5 cm³/mol. The van der Waals surface area contributed by atoms with Crippen molar-refractivity contribution >= 4 is 17.3 Å². The number of benzene rings is 1. The van der Waals surface area contributed by atoms with E-state index >= 15 is 0 Å². The average molecular weight is 343 g/mol. The van der Waals surface area contributed by atoms with E-state index in [1.165, 1.54) is 6.20 Å². The van der Waals surface area contributed by atoms with Crippen LogP contribution in [0.25, 0.3) is 16.8 Å². The van der Waals surface area contributed by atoms with Gasteiger partial charge >= 0.3 is 0 Å². The number of rotatable bonds is 6. The molecule has 0 atom stereocenters. The Morgan fingerprint density at radius 3 is 2.60 bits per heavy atom. The molecule has 1 aromatic heterocycles. The number of carbonyl (C=O) groups excluding carboxylic acids is 1. The number of halogens is 1. The summed E-state index contributed by atoms with van der Waals surface area (Å²) in [5.74, 6) is -1.00. The van der Waals surface area contributed by atoms with Crippen molar-refractivity contribution in [3.05, 3.63) is 53.7 Å². The van der Waals surface area contributed by atoms with Crippen molar-refractivity contribution in [2.75, 3.05) is 19.3 Å². The van der Waals surface area contributed by atoms with Gasteiger partial charge in [0.2, 0.25) is 5.95 Å². The first kappa shape index (κ1) is 18.3. The largest absolute Gasteiger partial charge is 0.398 e. The molecule has 1 amide bonds. The topological polar surface area (TPSA) is 106 Å². The maximum Gasteiger partial charge on any atom is 0.269 e. The minimum Gasteiger partial charge on any atom is -0.398 e. The van der Waals surface area contributed by atoms with Crippen LogP contribution in [0.3, 0.4) is 0 Å². The summed E-state index contributed by atoms with van der Waals surface area (Å²) in [6, 6.07) is 8.37. The molecular formula is C18H22FN5O. The third kappa shape index (κ3) is 3.88. The highest BCUT2D eigenvalue weighted by atomic mass is 19.1. The van der Waals surface area contributed by atoms with Gasteiger partial charge in [0.25, 0.3) is 5.91 Å². The fourth-order valence-electron chi connectivity index (χ4n) is 2.47. The lowest BCUT2D eigenvalue weighted by Crippen LogP contribution is -2.32. The van der Waals surface area contributed by atoms with Crippen molar-refractivity contribution in [3.63, 3.8) is 0 Å². The number of hydrogen-bond acceptors (Lipinski definition) is 5. The number of nitrogens with one attached hydrogen (secondary N) is 2. The smallest absolute Gasteiger partial charge is 0.269 e. The van der Waals surface area contributed by atoms with Gasteiger partial charge in [-0.25, -0.2) is 4.98 Å². The Hall–Kier alpha value is -3.09. The van der Waals surface area contributed by atoms with Crippen molar-refractivity contribution < 1.29 is 9.18 Å². The first-order valence-corrected chi connectivity index (χ1v) is 7.96. The number of amides is 1. The van der Waals surface area contributed by atoms with Crippen molar-refractivity contribution in [1.82, 2.24) is 15.6 Å². The lowest BCUT2D eigenvalue weighted by Gasteiger charge is -2.16. The Labute approximate surface area is 146 Å². The number of carbonyl (C=O) groups is 1. The summed E-state index contributed by atoms with van der Waals surface area (Å²) in [5, 5.41) is 5.63.